The second-order valence-corrected chi connectivity index (χ2v) is 4.62. The van der Waals surface area contributed by atoms with Crippen LogP contribution in [-0.2, 0) is 11.2 Å². The Labute approximate surface area is 104 Å². The summed E-state index contributed by atoms with van der Waals surface area (Å²) in [7, 11) is 0. The van der Waals surface area contributed by atoms with Crippen molar-refractivity contribution in [3.63, 3.8) is 0 Å². The highest BCUT2D eigenvalue weighted by Gasteiger charge is 2.26. The highest BCUT2D eigenvalue weighted by Crippen LogP contribution is 2.44. The number of hydrogen-bond acceptors (Lipinski definition) is 3. The van der Waals surface area contributed by atoms with Gasteiger partial charge in [-0.15, -0.1) is 0 Å². The molecule has 2 rings (SSSR count). The molecule has 0 fully saturated rings. The van der Waals surface area contributed by atoms with Gasteiger partial charge in [0.2, 0.25) is 6.79 Å². The van der Waals surface area contributed by atoms with Gasteiger partial charge in [-0.1, -0.05) is 25.4 Å². The number of carboxylic acid groups (broad SMARTS) is 1. The fourth-order valence-electron chi connectivity index (χ4n) is 2.02. The van der Waals surface area contributed by atoms with Crippen molar-refractivity contribution in [2.24, 2.45) is 0 Å². The van der Waals surface area contributed by atoms with Crippen molar-refractivity contribution in [2.45, 2.75) is 26.2 Å². The van der Waals surface area contributed by atoms with Crippen molar-refractivity contribution in [3.05, 3.63) is 22.2 Å². The number of rotatable bonds is 3. The van der Waals surface area contributed by atoms with Crippen LogP contribution in [0.15, 0.2) is 6.07 Å². The Kier molecular flexibility index (Phi) is 3.15. The van der Waals surface area contributed by atoms with Crippen LogP contribution in [0.5, 0.6) is 11.5 Å². The monoisotopic (exact) mass is 256 g/mol. The quantitative estimate of drug-likeness (QED) is 0.904. The molecule has 1 aliphatic rings. The van der Waals surface area contributed by atoms with Crippen LogP contribution in [0.4, 0.5) is 0 Å². The number of benzene rings is 1. The number of fused-ring (bicyclic) bond motifs is 1. The van der Waals surface area contributed by atoms with E-state index in [-0.39, 0.29) is 19.1 Å². The zero-order valence-electron chi connectivity index (χ0n) is 9.62. The molecule has 1 aromatic carbocycles. The van der Waals surface area contributed by atoms with Crippen molar-refractivity contribution >= 4 is 17.6 Å². The van der Waals surface area contributed by atoms with Crippen molar-refractivity contribution in [3.8, 4) is 11.5 Å². The third kappa shape index (κ3) is 2.17. The molecule has 5 heteroatoms. The van der Waals surface area contributed by atoms with Gasteiger partial charge in [0.25, 0.3) is 0 Å². The Morgan fingerprint density at radius 1 is 1.53 bits per heavy atom. The van der Waals surface area contributed by atoms with Crippen LogP contribution in [0.2, 0.25) is 5.02 Å². The molecule has 0 spiro atoms. The molecule has 1 aliphatic heterocycles. The van der Waals surface area contributed by atoms with Gasteiger partial charge < -0.3 is 14.6 Å². The SMILES string of the molecule is CC(C)c1c(CC(=O)O)c(Cl)cc2c1OCO2. The minimum absolute atomic E-state index is 0.108. The van der Waals surface area contributed by atoms with Crippen LogP contribution in [0, 0.1) is 0 Å². The van der Waals surface area contributed by atoms with Gasteiger partial charge in [0.15, 0.2) is 11.5 Å². The van der Waals surface area contributed by atoms with Crippen molar-refractivity contribution in [1.82, 2.24) is 0 Å². The first-order chi connectivity index (χ1) is 8.00. The summed E-state index contributed by atoms with van der Waals surface area (Å²) in [5.74, 6) is 0.430. The Hall–Kier alpha value is -1.42. The number of aliphatic carboxylic acids is 1. The van der Waals surface area contributed by atoms with Gasteiger partial charge in [0.1, 0.15) is 0 Å². The molecular formula is C12H13ClO4. The first-order valence-corrected chi connectivity index (χ1v) is 5.71. The number of halogens is 1. The number of hydrogen-bond donors (Lipinski definition) is 1. The Morgan fingerprint density at radius 3 is 2.82 bits per heavy atom. The summed E-state index contributed by atoms with van der Waals surface area (Å²) in [5, 5.41) is 9.33. The Balaban J connectivity index is 2.60. The van der Waals surface area contributed by atoms with Gasteiger partial charge in [-0.25, -0.2) is 0 Å². The van der Waals surface area contributed by atoms with Gasteiger partial charge in [0.05, 0.1) is 6.42 Å². The summed E-state index contributed by atoms with van der Waals surface area (Å²) < 4.78 is 10.7. The minimum Gasteiger partial charge on any atom is -0.481 e. The Morgan fingerprint density at radius 2 is 2.24 bits per heavy atom. The lowest BCUT2D eigenvalue weighted by molar-refractivity contribution is -0.136. The molecule has 92 valence electrons. The van der Waals surface area contributed by atoms with Crippen molar-refractivity contribution < 1.29 is 19.4 Å². The summed E-state index contributed by atoms with van der Waals surface area (Å²) in [6, 6.07) is 1.62. The molecule has 0 bridgehead atoms. The molecule has 0 unspecified atom stereocenters. The van der Waals surface area contributed by atoms with Gasteiger partial charge in [0, 0.05) is 16.7 Å². The third-order valence-electron chi connectivity index (χ3n) is 2.66. The van der Waals surface area contributed by atoms with Crippen LogP contribution in [0.3, 0.4) is 0 Å². The molecule has 0 saturated carbocycles. The summed E-state index contributed by atoms with van der Waals surface area (Å²) in [6.45, 7) is 4.10. The van der Waals surface area contributed by atoms with E-state index < -0.39 is 5.97 Å². The summed E-state index contributed by atoms with van der Waals surface area (Å²) in [4.78, 5) is 10.9. The maximum Gasteiger partial charge on any atom is 0.307 e. The molecular weight excluding hydrogens is 244 g/mol. The maximum atomic E-state index is 10.9. The fraction of sp³-hybridized carbons (Fsp3) is 0.417. The first kappa shape index (κ1) is 12.0. The molecule has 4 nitrogen and oxygen atoms in total. The van der Waals surface area contributed by atoms with E-state index in [0.717, 1.165) is 5.56 Å². The van der Waals surface area contributed by atoms with E-state index in [4.69, 9.17) is 26.2 Å². The zero-order valence-corrected chi connectivity index (χ0v) is 10.4. The molecule has 1 heterocycles. The lowest BCUT2D eigenvalue weighted by atomic mass is 9.93. The lowest BCUT2D eigenvalue weighted by Crippen LogP contribution is -2.06. The van der Waals surface area contributed by atoms with E-state index in [2.05, 4.69) is 0 Å². The molecule has 0 aliphatic carbocycles. The molecule has 1 N–H and O–H groups in total. The Bertz CT molecular complexity index is 468. The molecule has 0 saturated heterocycles. The van der Waals surface area contributed by atoms with Gasteiger partial charge in [-0.2, -0.15) is 0 Å². The fourth-order valence-corrected chi connectivity index (χ4v) is 2.28. The van der Waals surface area contributed by atoms with E-state index in [1.165, 1.54) is 0 Å². The summed E-state index contributed by atoms with van der Waals surface area (Å²) in [6.07, 6.45) is -0.108. The molecule has 1 aromatic rings. The summed E-state index contributed by atoms with van der Waals surface area (Å²) >= 11 is 6.10. The van der Waals surface area contributed by atoms with E-state index in [1.54, 1.807) is 6.07 Å². The van der Waals surface area contributed by atoms with E-state index >= 15 is 0 Å². The largest absolute Gasteiger partial charge is 0.481 e. The summed E-state index contributed by atoms with van der Waals surface area (Å²) in [5.41, 5.74) is 1.44. The van der Waals surface area contributed by atoms with Crippen LogP contribution < -0.4 is 9.47 Å². The minimum atomic E-state index is -0.910. The van der Waals surface area contributed by atoms with Crippen LogP contribution >= 0.6 is 11.6 Å². The predicted molar refractivity (Wildman–Crippen MR) is 63.0 cm³/mol. The van der Waals surface area contributed by atoms with Crippen LogP contribution in [0.1, 0.15) is 30.9 Å². The average Bonchev–Trinajstić information content (AvgIpc) is 2.64. The molecule has 17 heavy (non-hydrogen) atoms. The smallest absolute Gasteiger partial charge is 0.307 e. The number of carbonyl (C=O) groups is 1. The third-order valence-corrected chi connectivity index (χ3v) is 3.00. The molecule has 0 amide bonds. The van der Waals surface area contributed by atoms with E-state index in [0.29, 0.717) is 22.1 Å². The van der Waals surface area contributed by atoms with Crippen molar-refractivity contribution in [2.75, 3.05) is 6.79 Å². The second kappa shape index (κ2) is 4.45. The normalized spacial score (nSPS) is 13.2. The predicted octanol–water partition coefficient (Wildman–Crippen LogP) is 2.82. The topological polar surface area (TPSA) is 55.8 Å². The highest BCUT2D eigenvalue weighted by molar-refractivity contribution is 6.32. The number of carboxylic acids is 1. The van der Waals surface area contributed by atoms with Gasteiger partial charge in [-0.05, 0) is 11.5 Å². The van der Waals surface area contributed by atoms with E-state index in [1.807, 2.05) is 13.8 Å². The number of ether oxygens (including phenoxy) is 2. The molecule has 0 aromatic heterocycles. The maximum absolute atomic E-state index is 10.9. The lowest BCUT2D eigenvalue weighted by Gasteiger charge is -2.15. The van der Waals surface area contributed by atoms with Crippen LogP contribution in [-0.4, -0.2) is 17.9 Å². The molecule has 0 atom stereocenters. The highest BCUT2D eigenvalue weighted by atomic mass is 35.5. The van der Waals surface area contributed by atoms with Gasteiger partial charge >= 0.3 is 5.97 Å². The van der Waals surface area contributed by atoms with E-state index in [9.17, 15) is 4.79 Å². The van der Waals surface area contributed by atoms with Crippen LogP contribution in [0.25, 0.3) is 0 Å². The van der Waals surface area contributed by atoms with Gasteiger partial charge in [-0.3, -0.25) is 4.79 Å². The average molecular weight is 257 g/mol. The molecule has 0 radical (unpaired) electrons. The van der Waals surface area contributed by atoms with Crippen molar-refractivity contribution in [1.29, 1.82) is 0 Å². The standard InChI is InChI=1S/C12H13ClO4/c1-6(2)11-7(3-10(14)15)8(13)4-9-12(11)17-5-16-9/h4,6H,3,5H2,1-2H3,(H,14,15). The zero-order chi connectivity index (χ0) is 12.6. The first-order valence-electron chi connectivity index (χ1n) is 5.33. The second-order valence-electron chi connectivity index (χ2n) is 4.21.